The van der Waals surface area contributed by atoms with Crippen molar-refractivity contribution in [2.75, 3.05) is 26.2 Å². The van der Waals surface area contributed by atoms with Crippen molar-refractivity contribution < 1.29 is 9.53 Å². The van der Waals surface area contributed by atoms with Gasteiger partial charge in [0.2, 0.25) is 0 Å². The molecule has 2 aliphatic rings. The first-order chi connectivity index (χ1) is 9.63. The number of rotatable bonds is 3. The molecular weight excluding hydrogens is 252 g/mol. The first-order valence-corrected chi connectivity index (χ1v) is 7.36. The molecule has 1 N–H and O–H groups in total. The Morgan fingerprint density at radius 3 is 2.70 bits per heavy atom. The number of aryl methyl sites for hydroxylation is 1. The van der Waals surface area contributed by atoms with Crippen molar-refractivity contribution in [2.45, 2.75) is 20.0 Å². The van der Waals surface area contributed by atoms with Crippen LogP contribution in [-0.4, -0.2) is 43.1 Å². The van der Waals surface area contributed by atoms with Gasteiger partial charge in [-0.05, 0) is 43.4 Å². The van der Waals surface area contributed by atoms with Crippen LogP contribution in [0.3, 0.4) is 0 Å². The van der Waals surface area contributed by atoms with Gasteiger partial charge in [0.15, 0.2) is 6.10 Å². The van der Waals surface area contributed by atoms with Crippen LogP contribution in [-0.2, 0) is 4.79 Å². The van der Waals surface area contributed by atoms with Crippen molar-refractivity contribution >= 4 is 5.91 Å². The van der Waals surface area contributed by atoms with Gasteiger partial charge in [-0.2, -0.15) is 0 Å². The van der Waals surface area contributed by atoms with Gasteiger partial charge in [-0.25, -0.2) is 0 Å². The topological polar surface area (TPSA) is 41.6 Å². The Labute approximate surface area is 120 Å². The summed E-state index contributed by atoms with van der Waals surface area (Å²) in [6.45, 7) is 7.70. The zero-order valence-electron chi connectivity index (χ0n) is 12.1. The molecule has 1 aromatic rings. The summed E-state index contributed by atoms with van der Waals surface area (Å²) in [6, 6.07) is 7.84. The van der Waals surface area contributed by atoms with Crippen LogP contribution < -0.4 is 10.1 Å². The lowest BCUT2D eigenvalue weighted by Crippen LogP contribution is -2.40. The summed E-state index contributed by atoms with van der Waals surface area (Å²) >= 11 is 0. The van der Waals surface area contributed by atoms with Crippen molar-refractivity contribution in [3.05, 3.63) is 29.8 Å². The van der Waals surface area contributed by atoms with E-state index in [0.29, 0.717) is 11.8 Å². The monoisotopic (exact) mass is 274 g/mol. The SMILES string of the molecule is Cc1cccc(OC(C)C(=O)N2C[C@H]3CNC[C@H]3C2)c1. The quantitative estimate of drug-likeness (QED) is 0.907. The van der Waals surface area contributed by atoms with Crippen molar-refractivity contribution in [1.82, 2.24) is 10.2 Å². The van der Waals surface area contributed by atoms with Gasteiger partial charge < -0.3 is 15.0 Å². The van der Waals surface area contributed by atoms with Crippen molar-refractivity contribution in [3.8, 4) is 5.75 Å². The van der Waals surface area contributed by atoms with Gasteiger partial charge in [-0.3, -0.25) is 4.79 Å². The number of carbonyl (C=O) groups excluding carboxylic acids is 1. The fourth-order valence-corrected chi connectivity index (χ4v) is 3.24. The van der Waals surface area contributed by atoms with E-state index in [1.54, 1.807) is 0 Å². The minimum atomic E-state index is -0.413. The van der Waals surface area contributed by atoms with E-state index in [1.165, 1.54) is 0 Å². The van der Waals surface area contributed by atoms with Crippen LogP contribution in [0, 0.1) is 18.8 Å². The number of fused-ring (bicyclic) bond motifs is 1. The van der Waals surface area contributed by atoms with E-state index in [4.69, 9.17) is 4.74 Å². The predicted molar refractivity (Wildman–Crippen MR) is 77.7 cm³/mol. The molecule has 20 heavy (non-hydrogen) atoms. The predicted octanol–water partition coefficient (Wildman–Crippen LogP) is 1.44. The van der Waals surface area contributed by atoms with Crippen LogP contribution in [0.2, 0.25) is 0 Å². The molecule has 4 heteroatoms. The smallest absolute Gasteiger partial charge is 0.263 e. The van der Waals surface area contributed by atoms with E-state index in [2.05, 4.69) is 5.32 Å². The summed E-state index contributed by atoms with van der Waals surface area (Å²) in [5.41, 5.74) is 1.14. The van der Waals surface area contributed by atoms with E-state index in [-0.39, 0.29) is 5.91 Å². The number of nitrogens with zero attached hydrogens (tertiary/aromatic N) is 1. The lowest BCUT2D eigenvalue weighted by molar-refractivity contribution is -0.137. The minimum Gasteiger partial charge on any atom is -0.481 e. The number of ether oxygens (including phenoxy) is 1. The third kappa shape index (κ3) is 2.66. The molecule has 3 rings (SSSR count). The Bertz CT molecular complexity index is 491. The lowest BCUT2D eigenvalue weighted by atomic mass is 10.0. The van der Waals surface area contributed by atoms with Crippen molar-refractivity contribution in [2.24, 2.45) is 11.8 Å². The van der Waals surface area contributed by atoms with Crippen molar-refractivity contribution in [3.63, 3.8) is 0 Å². The molecule has 0 aromatic heterocycles. The molecule has 0 bridgehead atoms. The highest BCUT2D eigenvalue weighted by atomic mass is 16.5. The van der Waals surface area contributed by atoms with Crippen LogP contribution in [0.25, 0.3) is 0 Å². The number of nitrogens with one attached hydrogen (secondary N) is 1. The second-order valence-electron chi connectivity index (χ2n) is 6.00. The average Bonchev–Trinajstić information content (AvgIpc) is 2.98. The lowest BCUT2D eigenvalue weighted by Gasteiger charge is -2.22. The molecule has 0 spiro atoms. The zero-order valence-corrected chi connectivity index (χ0v) is 12.1. The summed E-state index contributed by atoms with van der Waals surface area (Å²) in [5.74, 6) is 2.14. The first-order valence-electron chi connectivity index (χ1n) is 7.36. The Balaban J connectivity index is 1.60. The molecular formula is C16H22N2O2. The Morgan fingerprint density at radius 1 is 1.35 bits per heavy atom. The number of carbonyl (C=O) groups is 1. The van der Waals surface area contributed by atoms with Crippen LogP contribution in [0.5, 0.6) is 5.75 Å². The number of likely N-dealkylation sites (tertiary alicyclic amines) is 1. The zero-order chi connectivity index (χ0) is 14.1. The fraction of sp³-hybridized carbons (Fsp3) is 0.562. The molecule has 2 saturated heterocycles. The van der Waals surface area contributed by atoms with Gasteiger partial charge in [0, 0.05) is 26.2 Å². The van der Waals surface area contributed by atoms with Crippen LogP contribution >= 0.6 is 0 Å². The molecule has 2 fully saturated rings. The first kappa shape index (κ1) is 13.4. The van der Waals surface area contributed by atoms with Gasteiger partial charge >= 0.3 is 0 Å². The third-order valence-electron chi connectivity index (χ3n) is 4.35. The fourth-order valence-electron chi connectivity index (χ4n) is 3.24. The molecule has 2 aliphatic heterocycles. The molecule has 0 aliphatic carbocycles. The Morgan fingerprint density at radius 2 is 2.05 bits per heavy atom. The standard InChI is InChI=1S/C16H22N2O2/c1-11-4-3-5-15(6-11)20-12(2)16(19)18-9-13-7-17-8-14(13)10-18/h3-6,12-14,17H,7-10H2,1-2H3/t12?,13-,14+. The maximum absolute atomic E-state index is 12.4. The van der Waals surface area contributed by atoms with Gasteiger partial charge in [0.25, 0.3) is 5.91 Å². The molecule has 108 valence electrons. The van der Waals surface area contributed by atoms with Crippen molar-refractivity contribution in [1.29, 1.82) is 0 Å². The minimum absolute atomic E-state index is 0.112. The molecule has 3 atom stereocenters. The maximum Gasteiger partial charge on any atom is 0.263 e. The maximum atomic E-state index is 12.4. The Hall–Kier alpha value is -1.55. The molecule has 1 amide bonds. The summed E-state index contributed by atoms with van der Waals surface area (Å²) in [7, 11) is 0. The van der Waals surface area contributed by atoms with Crippen LogP contribution in [0.15, 0.2) is 24.3 Å². The van der Waals surface area contributed by atoms with E-state index >= 15 is 0 Å². The van der Waals surface area contributed by atoms with Gasteiger partial charge in [0.05, 0.1) is 0 Å². The highest BCUT2D eigenvalue weighted by molar-refractivity contribution is 5.81. The summed E-state index contributed by atoms with van der Waals surface area (Å²) in [6.07, 6.45) is -0.413. The van der Waals surface area contributed by atoms with Gasteiger partial charge in [-0.1, -0.05) is 12.1 Å². The summed E-state index contributed by atoms with van der Waals surface area (Å²) in [5, 5.41) is 3.39. The molecule has 0 radical (unpaired) electrons. The van der Waals surface area contributed by atoms with E-state index in [1.807, 2.05) is 43.0 Å². The normalized spacial score (nSPS) is 26.4. The van der Waals surface area contributed by atoms with Gasteiger partial charge in [0.1, 0.15) is 5.75 Å². The van der Waals surface area contributed by atoms with Crippen LogP contribution in [0.4, 0.5) is 0 Å². The molecule has 4 nitrogen and oxygen atoms in total. The average molecular weight is 274 g/mol. The van der Waals surface area contributed by atoms with E-state index in [0.717, 1.165) is 37.5 Å². The van der Waals surface area contributed by atoms with Crippen LogP contribution in [0.1, 0.15) is 12.5 Å². The summed E-state index contributed by atoms with van der Waals surface area (Å²) < 4.78 is 5.78. The second-order valence-corrected chi connectivity index (χ2v) is 6.00. The molecule has 0 saturated carbocycles. The third-order valence-corrected chi connectivity index (χ3v) is 4.35. The van der Waals surface area contributed by atoms with E-state index in [9.17, 15) is 4.79 Å². The molecule has 1 aromatic carbocycles. The molecule has 2 heterocycles. The second kappa shape index (κ2) is 5.44. The Kier molecular flexibility index (Phi) is 3.66. The number of amides is 1. The number of hydrogen-bond donors (Lipinski definition) is 1. The highest BCUT2D eigenvalue weighted by Crippen LogP contribution is 2.27. The summed E-state index contributed by atoms with van der Waals surface area (Å²) in [4.78, 5) is 14.4. The largest absolute Gasteiger partial charge is 0.481 e. The number of hydrogen-bond acceptors (Lipinski definition) is 3. The van der Waals surface area contributed by atoms with E-state index < -0.39 is 6.10 Å². The van der Waals surface area contributed by atoms with Gasteiger partial charge in [-0.15, -0.1) is 0 Å². The highest BCUT2D eigenvalue weighted by Gasteiger charge is 2.39. The molecule has 1 unspecified atom stereocenters. The number of benzene rings is 1.